The second-order valence-corrected chi connectivity index (χ2v) is 28.1. The third-order valence-corrected chi connectivity index (χ3v) is 17.7. The number of ether oxygens (including phenoxy) is 30. The van der Waals surface area contributed by atoms with E-state index >= 15 is 0 Å². The Labute approximate surface area is 705 Å². The molecule has 0 bridgehead atoms. The Morgan fingerprint density at radius 1 is 0.169 bits per heavy atom. The maximum Gasteiger partial charge on any atom is 0.303 e. The van der Waals surface area contributed by atoms with E-state index < -0.39 is 337 Å². The molecule has 6 fully saturated rings. The molecule has 6 aliphatic rings. The molecule has 1 N–H and O–H groups in total. The lowest BCUT2D eigenvalue weighted by Crippen LogP contribution is -2.70. The van der Waals surface area contributed by atoms with Crippen LogP contribution in [0.25, 0.3) is 0 Å². The quantitative estimate of drug-likeness (QED) is 0.0481. The summed E-state index contributed by atoms with van der Waals surface area (Å²) in [6.45, 7) is 10.8. The van der Waals surface area contributed by atoms with Gasteiger partial charge >= 0.3 is 113 Å². The van der Waals surface area contributed by atoms with Gasteiger partial charge in [-0.15, -0.1) is 0 Å². The fourth-order valence-corrected chi connectivity index (χ4v) is 13.6. The van der Waals surface area contributed by atoms with Crippen molar-refractivity contribution < 1.29 is 238 Å². The summed E-state index contributed by atoms with van der Waals surface area (Å²) in [6.07, 6.45) is -64.0. The standard InChI is InChI=1S/C74H100O50/c1-26(75)95-20-45-52(57(102-33(8)82)63(69(94)114-45)108-39(14)88)120-71-65(110-41(16)90)59(104-35(10)84)54(47(116-71)22-97-28(3)77)122-73-67(112-43(18)92)61(106-37(12)86)56(49(118-73)24-99-30(5)79)124-74-68(113-44(19)93)62(107-38(13)87)55(50(119-74)25-100-31(6)80)123-72-66(111-42(17)91)60(105-36(11)85)53(48(117-72)23-98-29(4)78)121-70-64(109-40(15)89)58(103-34(9)83)51(101-32(7)81)46(115-70)21-96-27(2)76/h45-74,94H,20-25H2,1-19H3. The summed E-state index contributed by atoms with van der Waals surface area (Å²) in [7, 11) is 0. The zero-order valence-electron chi connectivity index (χ0n) is 70.5. The number of rotatable bonds is 35. The molecule has 50 nitrogen and oxygen atoms in total. The van der Waals surface area contributed by atoms with Crippen molar-refractivity contribution in [2.45, 2.75) is 316 Å². The predicted molar refractivity (Wildman–Crippen MR) is 381 cm³/mol. The molecule has 0 radical (unpaired) electrons. The van der Waals surface area contributed by atoms with E-state index in [1.165, 1.54) is 0 Å². The van der Waals surface area contributed by atoms with E-state index in [4.69, 9.17) is 142 Å². The highest BCUT2D eigenvalue weighted by molar-refractivity contribution is 5.73. The Morgan fingerprint density at radius 3 is 0.468 bits per heavy atom. The van der Waals surface area contributed by atoms with Gasteiger partial charge in [0.2, 0.25) is 0 Å². The Bertz CT molecular complexity index is 3840. The van der Waals surface area contributed by atoms with Gasteiger partial charge in [-0.25, -0.2) is 0 Å². The molecule has 6 aliphatic heterocycles. The minimum atomic E-state index is -2.43. The van der Waals surface area contributed by atoms with Crippen molar-refractivity contribution >= 4 is 113 Å². The third-order valence-electron chi connectivity index (χ3n) is 17.7. The van der Waals surface area contributed by atoms with Gasteiger partial charge in [-0.05, 0) is 0 Å². The molecule has 0 aromatic carbocycles. The molecule has 0 aromatic rings. The fourth-order valence-electron chi connectivity index (χ4n) is 13.6. The average molecular weight is 1790 g/mol. The van der Waals surface area contributed by atoms with Crippen LogP contribution in [0.5, 0.6) is 0 Å². The van der Waals surface area contributed by atoms with Crippen LogP contribution in [0.4, 0.5) is 0 Å². The van der Waals surface area contributed by atoms with Crippen LogP contribution in [0.15, 0.2) is 0 Å². The number of hydrogen-bond donors (Lipinski definition) is 1. The molecule has 30 atom stereocenters. The number of carbonyl (C=O) groups excluding carboxylic acids is 19. The van der Waals surface area contributed by atoms with E-state index in [1.807, 2.05) is 0 Å². The van der Waals surface area contributed by atoms with Gasteiger partial charge in [-0.1, -0.05) is 0 Å². The molecular weight excluding hydrogens is 1690 g/mol. The zero-order valence-corrected chi connectivity index (χ0v) is 70.5. The Hall–Kier alpha value is -10.6. The second-order valence-electron chi connectivity index (χ2n) is 28.1. The van der Waals surface area contributed by atoms with Crippen molar-refractivity contribution in [2.75, 3.05) is 39.6 Å². The first kappa shape index (κ1) is 102. The number of carbonyl (C=O) groups is 19. The summed E-state index contributed by atoms with van der Waals surface area (Å²) in [5.41, 5.74) is 0. The molecule has 6 rings (SSSR count). The molecule has 124 heavy (non-hydrogen) atoms. The zero-order chi connectivity index (χ0) is 92.7. The maximum atomic E-state index is 13.8. The minimum absolute atomic E-state index is 0.804. The van der Waals surface area contributed by atoms with Crippen LogP contribution < -0.4 is 0 Å². The average Bonchev–Trinajstić information content (AvgIpc) is 0.766. The lowest BCUT2D eigenvalue weighted by Gasteiger charge is -2.51. The summed E-state index contributed by atoms with van der Waals surface area (Å²) < 4.78 is 177. The van der Waals surface area contributed by atoms with Gasteiger partial charge in [0.05, 0.1) is 0 Å². The monoisotopic (exact) mass is 1790 g/mol. The Balaban J connectivity index is 1.54. The number of esters is 19. The lowest BCUT2D eigenvalue weighted by atomic mass is 9.94. The third kappa shape index (κ3) is 30.4. The highest BCUT2D eigenvalue weighted by Crippen LogP contribution is 2.43. The van der Waals surface area contributed by atoms with E-state index in [2.05, 4.69) is 0 Å². The number of hydrogen-bond acceptors (Lipinski definition) is 50. The van der Waals surface area contributed by atoms with Gasteiger partial charge < -0.3 is 147 Å². The van der Waals surface area contributed by atoms with Crippen LogP contribution in [0.2, 0.25) is 0 Å². The van der Waals surface area contributed by atoms with Crippen LogP contribution in [-0.4, -0.2) is 342 Å². The summed E-state index contributed by atoms with van der Waals surface area (Å²) in [6, 6.07) is 0. The molecular formula is C74H100O50. The predicted octanol–water partition coefficient (Wildman–Crippen LogP) is -3.26. The van der Waals surface area contributed by atoms with Crippen LogP contribution in [0, 0.1) is 0 Å². The molecule has 696 valence electrons. The summed E-state index contributed by atoms with van der Waals surface area (Å²) in [4.78, 5) is 249. The van der Waals surface area contributed by atoms with Crippen molar-refractivity contribution in [3.63, 3.8) is 0 Å². The highest BCUT2D eigenvalue weighted by atomic mass is 16.8. The van der Waals surface area contributed by atoms with Gasteiger partial charge in [0, 0.05) is 132 Å². The largest absolute Gasteiger partial charge is 0.463 e. The van der Waals surface area contributed by atoms with Crippen LogP contribution in [-0.2, 0) is 233 Å². The first-order valence-electron chi connectivity index (χ1n) is 37.9. The second kappa shape index (κ2) is 47.0. The Kier molecular flexibility index (Phi) is 38.7. The molecule has 0 spiro atoms. The van der Waals surface area contributed by atoms with E-state index in [1.54, 1.807) is 0 Å². The summed E-state index contributed by atoms with van der Waals surface area (Å²) in [5.74, 6) is -21.7. The van der Waals surface area contributed by atoms with E-state index in [0.29, 0.717) is 0 Å². The highest BCUT2D eigenvalue weighted by Gasteiger charge is 2.64. The topological polar surface area (TPSA) is 621 Å². The van der Waals surface area contributed by atoms with Crippen molar-refractivity contribution in [2.24, 2.45) is 0 Å². The van der Waals surface area contributed by atoms with Crippen molar-refractivity contribution in [1.29, 1.82) is 0 Å². The molecule has 6 heterocycles. The summed E-state index contributed by atoms with van der Waals surface area (Å²) in [5, 5.41) is 11.2. The van der Waals surface area contributed by atoms with Crippen molar-refractivity contribution in [3.05, 3.63) is 0 Å². The van der Waals surface area contributed by atoms with Crippen molar-refractivity contribution in [1.82, 2.24) is 0 Å². The van der Waals surface area contributed by atoms with Gasteiger partial charge in [0.25, 0.3) is 0 Å². The normalized spacial score (nSPS) is 33.1. The number of aliphatic hydroxyl groups excluding tert-OH is 1. The molecule has 0 aromatic heterocycles. The first-order chi connectivity index (χ1) is 58.0. The fraction of sp³-hybridized carbons (Fsp3) is 0.743. The van der Waals surface area contributed by atoms with E-state index in [0.717, 1.165) is 132 Å². The summed E-state index contributed by atoms with van der Waals surface area (Å²) >= 11 is 0. The van der Waals surface area contributed by atoms with Gasteiger partial charge in [0.1, 0.15) is 107 Å². The SMILES string of the molecule is CC(=O)OCC1OC(O)C(OC(C)=O)C(OC(C)=O)C1OC1OC(COC(C)=O)C(OC2OC(COC(C)=O)C(OC3OC(COC(C)=O)C(OC4OC(COC(C)=O)C(OC5OC(COC(C)=O)C(OC(C)=O)C(OC(C)=O)C5OC(C)=O)C(OC(C)=O)C4OC(C)=O)C(OC(C)=O)C3OC(C)=O)C(OC(C)=O)C2OC(C)=O)C(OC(C)=O)C1OC(C)=O. The van der Waals surface area contributed by atoms with Gasteiger partial charge in [-0.3, -0.25) is 91.1 Å². The minimum Gasteiger partial charge on any atom is -0.463 e. The molecule has 0 amide bonds. The molecule has 6 saturated heterocycles. The van der Waals surface area contributed by atoms with E-state index in [-0.39, 0.29) is 0 Å². The smallest absolute Gasteiger partial charge is 0.303 e. The van der Waals surface area contributed by atoms with Crippen LogP contribution in [0.1, 0.15) is 132 Å². The van der Waals surface area contributed by atoms with Crippen LogP contribution >= 0.6 is 0 Å². The van der Waals surface area contributed by atoms with Gasteiger partial charge in [0.15, 0.2) is 117 Å². The molecule has 30 unspecified atom stereocenters. The molecule has 0 aliphatic carbocycles. The van der Waals surface area contributed by atoms with Crippen molar-refractivity contribution in [3.8, 4) is 0 Å². The molecule has 50 heteroatoms. The number of aliphatic hydroxyl groups is 1. The molecule has 0 saturated carbocycles. The first-order valence-corrected chi connectivity index (χ1v) is 37.9. The lowest BCUT2D eigenvalue weighted by molar-refractivity contribution is -0.396. The van der Waals surface area contributed by atoms with E-state index in [9.17, 15) is 96.2 Å². The maximum absolute atomic E-state index is 13.8. The van der Waals surface area contributed by atoms with Crippen LogP contribution in [0.3, 0.4) is 0 Å². The van der Waals surface area contributed by atoms with Gasteiger partial charge in [-0.2, -0.15) is 0 Å². The Morgan fingerprint density at radius 2 is 0.298 bits per heavy atom.